The summed E-state index contributed by atoms with van der Waals surface area (Å²) in [7, 11) is 1.40. The molecule has 0 heterocycles. The number of aliphatic hydroxyl groups excluding tert-OH is 1. The zero-order valence-electron chi connectivity index (χ0n) is 9.35. The van der Waals surface area contributed by atoms with E-state index >= 15 is 0 Å². The molecule has 0 aromatic heterocycles. The Kier molecular flexibility index (Phi) is 6.09. The third kappa shape index (κ3) is 4.74. The van der Waals surface area contributed by atoms with Gasteiger partial charge in [-0.25, -0.2) is 9.59 Å². The lowest BCUT2D eigenvalue weighted by atomic mass is 10.3. The van der Waals surface area contributed by atoms with Crippen molar-refractivity contribution in [3.05, 3.63) is 0 Å². The smallest absolute Gasteiger partial charge is 0.347 e. The van der Waals surface area contributed by atoms with Crippen molar-refractivity contribution in [2.24, 2.45) is 0 Å². The molecule has 7 nitrogen and oxygen atoms in total. The molecule has 2 atom stereocenters. The van der Waals surface area contributed by atoms with Crippen LogP contribution in [0.25, 0.3) is 0 Å². The molecule has 0 saturated heterocycles. The normalized spacial score (nSPS) is 13.5. The minimum atomic E-state index is -1.16. The molecule has 0 aromatic rings. The number of esters is 2. The van der Waals surface area contributed by atoms with E-state index < -0.39 is 36.7 Å². The van der Waals surface area contributed by atoms with Crippen molar-refractivity contribution in [2.75, 3.05) is 13.7 Å². The number of ether oxygens (including phenoxy) is 2. The van der Waals surface area contributed by atoms with Gasteiger partial charge in [0.05, 0.1) is 0 Å². The molecule has 0 aromatic carbocycles. The molecule has 0 aliphatic carbocycles. The quantitative estimate of drug-likeness (QED) is 0.565. The first kappa shape index (κ1) is 14.4. The fourth-order valence-electron chi connectivity index (χ4n) is 0.809. The highest BCUT2D eigenvalue weighted by molar-refractivity contribution is 5.85. The highest BCUT2D eigenvalue weighted by atomic mass is 16.6. The van der Waals surface area contributed by atoms with Crippen LogP contribution in [0.2, 0.25) is 0 Å². The zero-order chi connectivity index (χ0) is 12.7. The Morgan fingerprint density at radius 1 is 1.19 bits per heavy atom. The standard InChI is InChI=1S/C9H15NO6/c1-5(8(13)10-3)16-9(14)6(2)15-7(12)4-11/h5-6,11H,4H2,1-3H3,(H,10,13). The van der Waals surface area contributed by atoms with E-state index in [2.05, 4.69) is 10.1 Å². The number of hydrogen-bond acceptors (Lipinski definition) is 6. The van der Waals surface area contributed by atoms with Crippen LogP contribution < -0.4 is 5.32 Å². The number of carbonyl (C=O) groups is 3. The number of amides is 1. The van der Waals surface area contributed by atoms with Crippen LogP contribution >= 0.6 is 0 Å². The third-order valence-electron chi connectivity index (χ3n) is 1.68. The summed E-state index contributed by atoms with van der Waals surface area (Å²) in [5.41, 5.74) is 0. The van der Waals surface area contributed by atoms with Gasteiger partial charge in [0, 0.05) is 7.05 Å². The topological polar surface area (TPSA) is 102 Å². The maximum Gasteiger partial charge on any atom is 0.347 e. The van der Waals surface area contributed by atoms with Crippen molar-refractivity contribution in [1.29, 1.82) is 0 Å². The van der Waals surface area contributed by atoms with Crippen molar-refractivity contribution >= 4 is 17.8 Å². The van der Waals surface area contributed by atoms with Gasteiger partial charge in [0.2, 0.25) is 0 Å². The van der Waals surface area contributed by atoms with Crippen molar-refractivity contribution in [1.82, 2.24) is 5.32 Å². The number of hydrogen-bond donors (Lipinski definition) is 2. The van der Waals surface area contributed by atoms with E-state index in [4.69, 9.17) is 9.84 Å². The largest absolute Gasteiger partial charge is 0.450 e. The number of aliphatic hydroxyl groups is 1. The van der Waals surface area contributed by atoms with Crippen LogP contribution in [0.1, 0.15) is 13.8 Å². The number of nitrogens with one attached hydrogen (secondary N) is 1. The van der Waals surface area contributed by atoms with E-state index in [1.54, 1.807) is 0 Å². The summed E-state index contributed by atoms with van der Waals surface area (Å²) in [6.07, 6.45) is -2.13. The summed E-state index contributed by atoms with van der Waals surface area (Å²) in [5.74, 6) is -2.25. The van der Waals surface area contributed by atoms with E-state index in [9.17, 15) is 14.4 Å². The number of carbonyl (C=O) groups excluding carboxylic acids is 3. The molecule has 0 radical (unpaired) electrons. The summed E-state index contributed by atoms with van der Waals surface area (Å²) in [6, 6.07) is 0. The Morgan fingerprint density at radius 3 is 2.19 bits per heavy atom. The van der Waals surface area contributed by atoms with Gasteiger partial charge in [-0.3, -0.25) is 4.79 Å². The predicted molar refractivity (Wildman–Crippen MR) is 52.3 cm³/mol. The summed E-state index contributed by atoms with van der Waals surface area (Å²) in [4.78, 5) is 32.9. The second-order valence-corrected chi connectivity index (χ2v) is 2.98. The second kappa shape index (κ2) is 6.78. The van der Waals surface area contributed by atoms with Crippen molar-refractivity contribution in [2.45, 2.75) is 26.1 Å². The number of likely N-dealkylation sites (N-methyl/N-ethyl adjacent to an activating group) is 1. The summed E-state index contributed by atoms with van der Waals surface area (Å²) >= 11 is 0. The fraction of sp³-hybridized carbons (Fsp3) is 0.667. The molecular weight excluding hydrogens is 218 g/mol. The Labute approximate surface area is 92.7 Å². The molecule has 92 valence electrons. The first-order valence-corrected chi connectivity index (χ1v) is 4.64. The van der Waals surface area contributed by atoms with Crippen LogP contribution in [0.4, 0.5) is 0 Å². The molecule has 16 heavy (non-hydrogen) atoms. The predicted octanol–water partition coefficient (Wildman–Crippen LogP) is -1.41. The average Bonchev–Trinajstić information content (AvgIpc) is 2.27. The van der Waals surface area contributed by atoms with Crippen LogP contribution in [0, 0.1) is 0 Å². The van der Waals surface area contributed by atoms with Crippen LogP contribution in [-0.2, 0) is 23.9 Å². The van der Waals surface area contributed by atoms with Crippen LogP contribution in [-0.4, -0.2) is 48.8 Å². The monoisotopic (exact) mass is 233 g/mol. The van der Waals surface area contributed by atoms with Crippen LogP contribution in [0.5, 0.6) is 0 Å². The lowest BCUT2D eigenvalue weighted by Crippen LogP contribution is -2.37. The molecular formula is C9H15NO6. The van der Waals surface area contributed by atoms with Gasteiger partial charge >= 0.3 is 11.9 Å². The number of rotatable bonds is 5. The molecule has 0 bridgehead atoms. The molecule has 2 unspecified atom stereocenters. The van der Waals surface area contributed by atoms with Gasteiger partial charge in [0.1, 0.15) is 6.61 Å². The lowest BCUT2D eigenvalue weighted by Gasteiger charge is -2.15. The van der Waals surface area contributed by atoms with Crippen molar-refractivity contribution < 1.29 is 29.0 Å². The van der Waals surface area contributed by atoms with E-state index in [1.165, 1.54) is 20.9 Å². The van der Waals surface area contributed by atoms with Gasteiger partial charge in [0.15, 0.2) is 12.2 Å². The van der Waals surface area contributed by atoms with Crippen LogP contribution in [0.15, 0.2) is 0 Å². The van der Waals surface area contributed by atoms with E-state index in [0.29, 0.717) is 0 Å². The minimum absolute atomic E-state index is 0.464. The molecule has 2 N–H and O–H groups in total. The minimum Gasteiger partial charge on any atom is -0.450 e. The molecule has 0 rings (SSSR count). The molecule has 7 heteroatoms. The van der Waals surface area contributed by atoms with Crippen molar-refractivity contribution in [3.8, 4) is 0 Å². The molecule has 0 aliphatic rings. The Balaban J connectivity index is 4.15. The third-order valence-corrected chi connectivity index (χ3v) is 1.68. The lowest BCUT2D eigenvalue weighted by molar-refractivity contribution is -0.172. The Morgan fingerprint density at radius 2 is 1.75 bits per heavy atom. The maximum atomic E-state index is 11.3. The van der Waals surface area contributed by atoms with E-state index in [1.807, 2.05) is 0 Å². The zero-order valence-corrected chi connectivity index (χ0v) is 9.35. The Hall–Kier alpha value is -1.63. The van der Waals surface area contributed by atoms with E-state index in [-0.39, 0.29) is 0 Å². The Bertz CT molecular complexity index is 277. The fourth-order valence-corrected chi connectivity index (χ4v) is 0.809. The summed E-state index contributed by atoms with van der Waals surface area (Å²) in [5, 5.41) is 10.7. The first-order valence-electron chi connectivity index (χ1n) is 4.64. The highest BCUT2D eigenvalue weighted by Gasteiger charge is 2.23. The molecule has 0 saturated carbocycles. The SMILES string of the molecule is CNC(=O)C(C)OC(=O)C(C)OC(=O)CO. The summed E-state index contributed by atoms with van der Waals surface area (Å²) < 4.78 is 9.18. The van der Waals surface area contributed by atoms with Gasteiger partial charge < -0.3 is 19.9 Å². The first-order chi connectivity index (χ1) is 7.42. The van der Waals surface area contributed by atoms with Gasteiger partial charge in [-0.05, 0) is 13.8 Å². The van der Waals surface area contributed by atoms with Crippen molar-refractivity contribution in [3.63, 3.8) is 0 Å². The van der Waals surface area contributed by atoms with Gasteiger partial charge in [0.25, 0.3) is 5.91 Å². The maximum absolute atomic E-state index is 11.3. The molecule has 1 amide bonds. The van der Waals surface area contributed by atoms with Gasteiger partial charge in [-0.15, -0.1) is 0 Å². The van der Waals surface area contributed by atoms with E-state index in [0.717, 1.165) is 0 Å². The van der Waals surface area contributed by atoms with Gasteiger partial charge in [-0.2, -0.15) is 0 Å². The second-order valence-electron chi connectivity index (χ2n) is 2.98. The average molecular weight is 233 g/mol. The van der Waals surface area contributed by atoms with Gasteiger partial charge in [-0.1, -0.05) is 0 Å². The highest BCUT2D eigenvalue weighted by Crippen LogP contribution is 1.99. The molecule has 0 spiro atoms. The van der Waals surface area contributed by atoms with Crippen LogP contribution in [0.3, 0.4) is 0 Å². The summed E-state index contributed by atoms with van der Waals surface area (Å²) in [6.45, 7) is 1.85. The molecule has 0 aliphatic heterocycles. The molecule has 0 fully saturated rings.